The van der Waals surface area contributed by atoms with Crippen molar-refractivity contribution in [1.29, 1.82) is 0 Å². The topological polar surface area (TPSA) is 51.2 Å². The summed E-state index contributed by atoms with van der Waals surface area (Å²) in [6.45, 7) is 3.58. The van der Waals surface area contributed by atoms with Gasteiger partial charge in [-0.3, -0.25) is 5.84 Å². The minimum absolute atomic E-state index is 0.233. The standard InChI is InChI=1S/C13H15FN2O/c1-8-3-4-10(7-12(8)14)13(16-15)11-5-6-17-9(11)2/h3-7,13,16H,15H2,1-2H3. The molecule has 2 rings (SSSR count). The predicted octanol–water partition coefficient (Wildman–Crippen LogP) is 2.59. The van der Waals surface area contributed by atoms with Gasteiger partial charge < -0.3 is 4.42 Å². The summed E-state index contributed by atoms with van der Waals surface area (Å²) >= 11 is 0. The molecule has 1 atom stereocenters. The average Bonchev–Trinajstić information content (AvgIpc) is 2.71. The van der Waals surface area contributed by atoms with E-state index in [0.29, 0.717) is 5.56 Å². The highest BCUT2D eigenvalue weighted by Gasteiger charge is 2.17. The first-order valence-corrected chi connectivity index (χ1v) is 5.39. The molecule has 1 aromatic carbocycles. The Kier molecular flexibility index (Phi) is 3.26. The van der Waals surface area contributed by atoms with Gasteiger partial charge in [-0.15, -0.1) is 0 Å². The molecule has 0 fully saturated rings. The number of hydrogen-bond donors (Lipinski definition) is 2. The van der Waals surface area contributed by atoms with Crippen molar-refractivity contribution in [3.63, 3.8) is 0 Å². The number of nitrogens with two attached hydrogens (primary N) is 1. The Hall–Kier alpha value is -1.65. The first kappa shape index (κ1) is 11.8. The first-order chi connectivity index (χ1) is 8.13. The molecule has 3 nitrogen and oxygen atoms in total. The van der Waals surface area contributed by atoms with Gasteiger partial charge in [-0.05, 0) is 37.1 Å². The minimum atomic E-state index is -0.260. The van der Waals surface area contributed by atoms with Crippen molar-refractivity contribution in [1.82, 2.24) is 5.43 Å². The number of nitrogens with one attached hydrogen (secondary N) is 1. The lowest BCUT2D eigenvalue weighted by Gasteiger charge is -2.16. The SMILES string of the molecule is Cc1ccc(C(NN)c2ccoc2C)cc1F. The molecule has 3 N–H and O–H groups in total. The van der Waals surface area contributed by atoms with Gasteiger partial charge >= 0.3 is 0 Å². The summed E-state index contributed by atoms with van der Waals surface area (Å²) in [4.78, 5) is 0. The van der Waals surface area contributed by atoms with Crippen LogP contribution in [-0.2, 0) is 0 Å². The van der Waals surface area contributed by atoms with Gasteiger partial charge in [-0.1, -0.05) is 12.1 Å². The average molecular weight is 234 g/mol. The monoisotopic (exact) mass is 234 g/mol. The first-order valence-electron chi connectivity index (χ1n) is 5.39. The summed E-state index contributed by atoms with van der Waals surface area (Å²) in [6.07, 6.45) is 1.60. The molecule has 1 aromatic heterocycles. The molecule has 1 unspecified atom stereocenters. The van der Waals surface area contributed by atoms with Gasteiger partial charge in [0.1, 0.15) is 11.6 Å². The number of furan rings is 1. The second-order valence-corrected chi connectivity index (χ2v) is 4.04. The van der Waals surface area contributed by atoms with Gasteiger partial charge in [0.2, 0.25) is 0 Å². The number of hydrogen-bond acceptors (Lipinski definition) is 3. The lowest BCUT2D eigenvalue weighted by atomic mass is 9.99. The van der Waals surface area contributed by atoms with Crippen molar-refractivity contribution in [2.24, 2.45) is 5.84 Å². The maximum atomic E-state index is 13.5. The van der Waals surface area contributed by atoms with Gasteiger partial charge in [0.15, 0.2) is 0 Å². The molecule has 0 aliphatic carbocycles. The third-order valence-electron chi connectivity index (χ3n) is 2.91. The van der Waals surface area contributed by atoms with Gasteiger partial charge in [0, 0.05) is 5.56 Å². The Morgan fingerprint density at radius 3 is 2.59 bits per heavy atom. The second-order valence-electron chi connectivity index (χ2n) is 4.04. The van der Waals surface area contributed by atoms with Gasteiger partial charge in [-0.25, -0.2) is 9.82 Å². The summed E-state index contributed by atoms with van der Waals surface area (Å²) in [5.74, 6) is 6.08. The van der Waals surface area contributed by atoms with Crippen LogP contribution < -0.4 is 11.3 Å². The van der Waals surface area contributed by atoms with E-state index >= 15 is 0 Å². The predicted molar refractivity (Wildman–Crippen MR) is 63.7 cm³/mol. The molecule has 1 heterocycles. The van der Waals surface area contributed by atoms with E-state index < -0.39 is 0 Å². The summed E-state index contributed by atoms with van der Waals surface area (Å²) < 4.78 is 18.8. The number of hydrazine groups is 1. The molecule has 0 aliphatic rings. The fourth-order valence-corrected chi connectivity index (χ4v) is 1.85. The molecule has 4 heteroatoms. The normalized spacial score (nSPS) is 12.7. The molecule has 0 saturated carbocycles. The number of benzene rings is 1. The highest BCUT2D eigenvalue weighted by molar-refractivity contribution is 5.34. The zero-order valence-corrected chi connectivity index (χ0v) is 9.83. The smallest absolute Gasteiger partial charge is 0.126 e. The third-order valence-corrected chi connectivity index (χ3v) is 2.91. The van der Waals surface area contributed by atoms with Crippen LogP contribution in [0.3, 0.4) is 0 Å². The van der Waals surface area contributed by atoms with E-state index in [9.17, 15) is 4.39 Å². The molecule has 2 aromatic rings. The second kappa shape index (κ2) is 4.69. The number of rotatable bonds is 3. The van der Waals surface area contributed by atoms with Crippen LogP contribution in [0.1, 0.15) is 28.5 Å². The molecule has 0 radical (unpaired) electrons. The molecule has 0 bridgehead atoms. The van der Waals surface area contributed by atoms with Crippen molar-refractivity contribution >= 4 is 0 Å². The molecule has 0 spiro atoms. The van der Waals surface area contributed by atoms with Crippen LogP contribution in [0.4, 0.5) is 4.39 Å². The molecule has 0 saturated heterocycles. The highest BCUT2D eigenvalue weighted by Crippen LogP contribution is 2.26. The van der Waals surface area contributed by atoms with Gasteiger partial charge in [0.05, 0.1) is 12.3 Å². The summed E-state index contributed by atoms with van der Waals surface area (Å²) in [6, 6.07) is 6.66. The third kappa shape index (κ3) is 2.23. The van der Waals surface area contributed by atoms with Crippen LogP contribution in [0.15, 0.2) is 34.9 Å². The number of halogens is 1. The zero-order chi connectivity index (χ0) is 12.4. The van der Waals surface area contributed by atoms with Crippen molar-refractivity contribution < 1.29 is 8.81 Å². The number of aryl methyl sites for hydroxylation is 2. The molecular formula is C13H15FN2O. The molecule has 0 aliphatic heterocycles. The fourth-order valence-electron chi connectivity index (χ4n) is 1.85. The largest absolute Gasteiger partial charge is 0.469 e. The van der Waals surface area contributed by atoms with Crippen LogP contribution >= 0.6 is 0 Å². The Balaban J connectivity index is 2.42. The quantitative estimate of drug-likeness (QED) is 0.634. The van der Waals surface area contributed by atoms with E-state index in [1.807, 2.05) is 19.1 Å². The maximum absolute atomic E-state index is 13.5. The highest BCUT2D eigenvalue weighted by atomic mass is 19.1. The molecular weight excluding hydrogens is 219 g/mol. The maximum Gasteiger partial charge on any atom is 0.126 e. The molecule has 17 heavy (non-hydrogen) atoms. The molecule has 90 valence electrons. The van der Waals surface area contributed by atoms with E-state index in [2.05, 4.69) is 5.43 Å². The van der Waals surface area contributed by atoms with Crippen LogP contribution in [0.2, 0.25) is 0 Å². The van der Waals surface area contributed by atoms with E-state index in [0.717, 1.165) is 16.9 Å². The van der Waals surface area contributed by atoms with Crippen molar-refractivity contribution in [3.05, 3.63) is 58.8 Å². The Labute approximate surface area is 99.4 Å². The van der Waals surface area contributed by atoms with Crippen molar-refractivity contribution in [3.8, 4) is 0 Å². The van der Waals surface area contributed by atoms with Crippen molar-refractivity contribution in [2.45, 2.75) is 19.9 Å². The Morgan fingerprint density at radius 2 is 2.06 bits per heavy atom. The van der Waals surface area contributed by atoms with E-state index in [-0.39, 0.29) is 11.9 Å². The minimum Gasteiger partial charge on any atom is -0.469 e. The Morgan fingerprint density at radius 1 is 1.29 bits per heavy atom. The van der Waals surface area contributed by atoms with Gasteiger partial charge in [0.25, 0.3) is 0 Å². The van der Waals surface area contributed by atoms with E-state index in [4.69, 9.17) is 10.3 Å². The van der Waals surface area contributed by atoms with Crippen LogP contribution in [0.25, 0.3) is 0 Å². The van der Waals surface area contributed by atoms with Crippen molar-refractivity contribution in [2.75, 3.05) is 0 Å². The van der Waals surface area contributed by atoms with Crippen LogP contribution in [-0.4, -0.2) is 0 Å². The van der Waals surface area contributed by atoms with Gasteiger partial charge in [-0.2, -0.15) is 0 Å². The fraction of sp³-hybridized carbons (Fsp3) is 0.231. The molecule has 0 amide bonds. The zero-order valence-electron chi connectivity index (χ0n) is 9.83. The van der Waals surface area contributed by atoms with E-state index in [1.54, 1.807) is 19.3 Å². The lowest BCUT2D eigenvalue weighted by Crippen LogP contribution is -2.29. The summed E-state index contributed by atoms with van der Waals surface area (Å²) in [5, 5.41) is 0. The Bertz CT molecular complexity index is 522. The van der Waals surface area contributed by atoms with Crippen LogP contribution in [0.5, 0.6) is 0 Å². The summed E-state index contributed by atoms with van der Waals surface area (Å²) in [7, 11) is 0. The summed E-state index contributed by atoms with van der Waals surface area (Å²) in [5.41, 5.74) is 4.99. The van der Waals surface area contributed by atoms with E-state index in [1.165, 1.54) is 6.07 Å². The lowest BCUT2D eigenvalue weighted by molar-refractivity contribution is 0.519. The van der Waals surface area contributed by atoms with Crippen LogP contribution in [0, 0.1) is 19.7 Å².